The van der Waals surface area contributed by atoms with Crippen molar-refractivity contribution in [2.24, 2.45) is 23.7 Å². The van der Waals surface area contributed by atoms with Crippen LogP contribution in [-0.4, -0.2) is 24.6 Å². The highest BCUT2D eigenvalue weighted by atomic mass is 16.6. The van der Waals surface area contributed by atoms with Crippen molar-refractivity contribution in [3.05, 3.63) is 12.2 Å². The van der Waals surface area contributed by atoms with Crippen molar-refractivity contribution >= 4 is 11.9 Å². The van der Waals surface area contributed by atoms with Crippen LogP contribution in [0.4, 0.5) is 0 Å². The van der Waals surface area contributed by atoms with Crippen LogP contribution in [0.15, 0.2) is 12.2 Å². The highest BCUT2D eigenvalue weighted by molar-refractivity contribution is 5.88. The smallest absolute Gasteiger partial charge is 0.344 e. The molecule has 0 N–H and O–H groups in total. The number of ether oxygens (including phenoxy) is 2. The summed E-state index contributed by atoms with van der Waals surface area (Å²) < 4.78 is 10.5. The molecule has 0 aromatic rings. The van der Waals surface area contributed by atoms with Gasteiger partial charge in [-0.05, 0) is 62.7 Å². The largest absolute Gasteiger partial charge is 0.459 e. The number of carbonyl (C=O) groups is 2. The van der Waals surface area contributed by atoms with E-state index < -0.39 is 11.9 Å². The van der Waals surface area contributed by atoms with Crippen molar-refractivity contribution in [2.45, 2.75) is 45.1 Å². The molecule has 110 valence electrons. The molecule has 4 aliphatic carbocycles. The minimum Gasteiger partial charge on any atom is -0.459 e. The molecule has 4 saturated carbocycles. The van der Waals surface area contributed by atoms with Crippen molar-refractivity contribution in [3.8, 4) is 0 Å². The van der Waals surface area contributed by atoms with E-state index in [9.17, 15) is 9.59 Å². The molecular weight excluding hydrogens is 256 g/mol. The van der Waals surface area contributed by atoms with Gasteiger partial charge >= 0.3 is 11.9 Å². The van der Waals surface area contributed by atoms with Gasteiger partial charge in [0.05, 0.1) is 0 Å². The third-order valence-corrected chi connectivity index (χ3v) is 5.08. The zero-order valence-electron chi connectivity index (χ0n) is 12.0. The Kier molecular flexibility index (Phi) is 3.57. The zero-order chi connectivity index (χ0) is 14.3. The van der Waals surface area contributed by atoms with Gasteiger partial charge < -0.3 is 9.47 Å². The summed E-state index contributed by atoms with van der Waals surface area (Å²) in [5.41, 5.74) is 0.299. The number of hydrogen-bond donors (Lipinski definition) is 0. The van der Waals surface area contributed by atoms with E-state index in [0.29, 0.717) is 17.4 Å². The third-order valence-electron chi connectivity index (χ3n) is 5.08. The van der Waals surface area contributed by atoms with E-state index in [-0.39, 0.29) is 12.7 Å². The van der Waals surface area contributed by atoms with Gasteiger partial charge in [-0.3, -0.25) is 0 Å². The summed E-state index contributed by atoms with van der Waals surface area (Å²) >= 11 is 0. The van der Waals surface area contributed by atoms with Gasteiger partial charge in [0.25, 0.3) is 0 Å². The fourth-order valence-electron chi connectivity index (χ4n) is 4.50. The van der Waals surface area contributed by atoms with Crippen LogP contribution in [0.5, 0.6) is 0 Å². The van der Waals surface area contributed by atoms with Gasteiger partial charge in [-0.25, -0.2) is 9.59 Å². The summed E-state index contributed by atoms with van der Waals surface area (Å²) in [5.74, 6) is 1.82. The molecule has 0 unspecified atom stereocenters. The second-order valence-corrected chi connectivity index (χ2v) is 6.74. The molecular formula is C16H22O4. The molecule has 0 heterocycles. The van der Waals surface area contributed by atoms with Crippen LogP contribution in [0.25, 0.3) is 0 Å². The van der Waals surface area contributed by atoms with Crippen LogP contribution in [0.3, 0.4) is 0 Å². The first kappa shape index (κ1) is 13.7. The lowest BCUT2D eigenvalue weighted by Crippen LogP contribution is -2.50. The molecule has 0 amide bonds. The van der Waals surface area contributed by atoms with Crippen LogP contribution < -0.4 is 0 Å². The average Bonchev–Trinajstić information content (AvgIpc) is 2.39. The summed E-state index contributed by atoms with van der Waals surface area (Å²) in [6.07, 6.45) is 6.25. The third kappa shape index (κ3) is 2.60. The van der Waals surface area contributed by atoms with Gasteiger partial charge in [0.15, 0.2) is 6.61 Å². The second kappa shape index (κ2) is 5.23. The first-order valence-electron chi connectivity index (χ1n) is 7.55. The van der Waals surface area contributed by atoms with E-state index >= 15 is 0 Å². The highest BCUT2D eigenvalue weighted by Crippen LogP contribution is 2.54. The number of carbonyl (C=O) groups excluding carboxylic acids is 2. The maximum atomic E-state index is 11.8. The van der Waals surface area contributed by atoms with Gasteiger partial charge in [0, 0.05) is 5.57 Å². The van der Waals surface area contributed by atoms with E-state index in [4.69, 9.17) is 9.47 Å². The Bertz CT molecular complexity index is 412. The average molecular weight is 278 g/mol. The molecule has 0 aliphatic heterocycles. The van der Waals surface area contributed by atoms with Gasteiger partial charge in [0.1, 0.15) is 6.10 Å². The molecule has 4 fully saturated rings. The molecule has 0 atom stereocenters. The Balaban J connectivity index is 1.52. The molecule has 4 bridgehead atoms. The topological polar surface area (TPSA) is 52.6 Å². The summed E-state index contributed by atoms with van der Waals surface area (Å²) in [5, 5.41) is 0. The Labute approximate surface area is 119 Å². The lowest BCUT2D eigenvalue weighted by atomic mass is 9.55. The molecule has 0 radical (unpaired) electrons. The molecule has 20 heavy (non-hydrogen) atoms. The Morgan fingerprint density at radius 1 is 1.05 bits per heavy atom. The Morgan fingerprint density at radius 2 is 1.60 bits per heavy atom. The fourth-order valence-corrected chi connectivity index (χ4v) is 4.50. The van der Waals surface area contributed by atoms with Gasteiger partial charge in [-0.2, -0.15) is 0 Å². The van der Waals surface area contributed by atoms with Crippen LogP contribution in [0.2, 0.25) is 0 Å². The van der Waals surface area contributed by atoms with Gasteiger partial charge in [0.2, 0.25) is 0 Å². The molecule has 0 aromatic heterocycles. The summed E-state index contributed by atoms with van der Waals surface area (Å²) in [6.45, 7) is 4.75. The van der Waals surface area contributed by atoms with Crippen LogP contribution in [-0.2, 0) is 19.1 Å². The normalized spacial score (nSPS) is 37.5. The molecule has 4 nitrogen and oxygen atoms in total. The zero-order valence-corrected chi connectivity index (χ0v) is 12.0. The summed E-state index contributed by atoms with van der Waals surface area (Å²) in [4.78, 5) is 23.1. The molecule has 0 saturated heterocycles. The minimum atomic E-state index is -0.535. The highest BCUT2D eigenvalue weighted by Gasteiger charge is 2.49. The summed E-state index contributed by atoms with van der Waals surface area (Å²) in [6, 6.07) is 0. The fraction of sp³-hybridized carbons (Fsp3) is 0.750. The van der Waals surface area contributed by atoms with Crippen LogP contribution in [0.1, 0.15) is 39.0 Å². The number of esters is 2. The van der Waals surface area contributed by atoms with E-state index in [0.717, 1.165) is 11.8 Å². The molecule has 4 rings (SSSR count). The second-order valence-electron chi connectivity index (χ2n) is 6.74. The van der Waals surface area contributed by atoms with Crippen molar-refractivity contribution in [1.29, 1.82) is 0 Å². The van der Waals surface area contributed by atoms with Crippen LogP contribution >= 0.6 is 0 Å². The van der Waals surface area contributed by atoms with Crippen molar-refractivity contribution < 1.29 is 19.1 Å². The van der Waals surface area contributed by atoms with Gasteiger partial charge in [-0.1, -0.05) is 6.58 Å². The molecule has 4 aliphatic rings. The SMILES string of the molecule is C=C(C)C(=O)OCC(=O)OC1C2CC3CC(C2)CC1C3. The lowest BCUT2D eigenvalue weighted by molar-refractivity contribution is -0.177. The van der Waals surface area contributed by atoms with Crippen LogP contribution in [0, 0.1) is 23.7 Å². The first-order valence-corrected chi connectivity index (χ1v) is 7.55. The maximum Gasteiger partial charge on any atom is 0.344 e. The predicted octanol–water partition coefficient (Wildman–Crippen LogP) is 2.47. The lowest BCUT2D eigenvalue weighted by Gasteiger charge is -2.53. The van der Waals surface area contributed by atoms with E-state index in [2.05, 4.69) is 6.58 Å². The predicted molar refractivity (Wildman–Crippen MR) is 72.7 cm³/mol. The van der Waals surface area contributed by atoms with E-state index in [1.807, 2.05) is 0 Å². The standard InChI is InChI=1S/C16H22O4/c1-9(2)16(18)19-8-14(17)20-15-12-4-10-3-11(6-12)7-13(15)5-10/h10-13,15H,1,3-8H2,2H3. The van der Waals surface area contributed by atoms with Crippen molar-refractivity contribution in [1.82, 2.24) is 0 Å². The molecule has 0 aromatic carbocycles. The first-order chi connectivity index (χ1) is 9.52. The van der Waals surface area contributed by atoms with Crippen molar-refractivity contribution in [3.63, 3.8) is 0 Å². The minimum absolute atomic E-state index is 0.0545. The van der Waals surface area contributed by atoms with E-state index in [1.54, 1.807) is 6.92 Å². The number of hydrogen-bond acceptors (Lipinski definition) is 4. The Morgan fingerprint density at radius 3 is 2.10 bits per heavy atom. The summed E-state index contributed by atoms with van der Waals surface area (Å²) in [7, 11) is 0. The maximum absolute atomic E-state index is 11.8. The quantitative estimate of drug-likeness (QED) is 0.585. The Hall–Kier alpha value is -1.32. The molecule has 0 spiro atoms. The molecule has 4 heteroatoms. The monoisotopic (exact) mass is 278 g/mol. The van der Waals surface area contributed by atoms with Gasteiger partial charge in [-0.15, -0.1) is 0 Å². The van der Waals surface area contributed by atoms with Crippen molar-refractivity contribution in [2.75, 3.05) is 6.61 Å². The number of rotatable bonds is 4. The van der Waals surface area contributed by atoms with E-state index in [1.165, 1.54) is 32.1 Å².